The van der Waals surface area contributed by atoms with Gasteiger partial charge < -0.3 is 15.0 Å². The number of hydrogen-bond acceptors (Lipinski definition) is 7. The Hall–Kier alpha value is -4.25. The number of aromatic nitrogens is 4. The zero-order chi connectivity index (χ0) is 24.4. The molecule has 0 radical (unpaired) electrons. The van der Waals surface area contributed by atoms with E-state index in [0.29, 0.717) is 29.4 Å². The van der Waals surface area contributed by atoms with Crippen molar-refractivity contribution in [3.63, 3.8) is 0 Å². The Morgan fingerprint density at radius 2 is 1.94 bits per heavy atom. The zero-order valence-electron chi connectivity index (χ0n) is 19.8. The first-order chi connectivity index (χ1) is 17.0. The number of rotatable bonds is 5. The minimum atomic E-state index is -0.430. The van der Waals surface area contributed by atoms with Crippen LogP contribution in [-0.4, -0.2) is 31.3 Å². The standard InChI is InChI=1S/C27H27N7O/c1-17(2)14-19-6-9-22-24(25(33-19)27-31-10-3-11-32-27)23(21(15-28)26(29)35-22)18-4-7-20(8-5-18)34-13-12-30-16-34/h3-5,7-8,10-13,16-17,19,23H,6,9,14,29H2,1-2H3. The molecule has 0 bridgehead atoms. The van der Waals surface area contributed by atoms with E-state index in [1.807, 2.05) is 35.0 Å². The molecule has 0 aliphatic carbocycles. The smallest absolute Gasteiger partial charge is 0.205 e. The largest absolute Gasteiger partial charge is 0.444 e. The summed E-state index contributed by atoms with van der Waals surface area (Å²) in [6.07, 6.45) is 11.2. The van der Waals surface area contributed by atoms with E-state index in [4.69, 9.17) is 15.5 Å². The van der Waals surface area contributed by atoms with Crippen LogP contribution >= 0.6 is 0 Å². The number of aliphatic imine (C=N–C) groups is 1. The summed E-state index contributed by atoms with van der Waals surface area (Å²) < 4.78 is 8.01. The Kier molecular flexibility index (Phi) is 6.15. The molecule has 2 aromatic heterocycles. The number of imidazole rings is 1. The summed E-state index contributed by atoms with van der Waals surface area (Å²) in [7, 11) is 0. The lowest BCUT2D eigenvalue weighted by atomic mass is 9.80. The molecule has 35 heavy (non-hydrogen) atoms. The van der Waals surface area contributed by atoms with Crippen molar-refractivity contribution in [3.8, 4) is 11.8 Å². The van der Waals surface area contributed by atoms with Gasteiger partial charge in [-0.1, -0.05) is 26.0 Å². The molecule has 0 saturated carbocycles. The summed E-state index contributed by atoms with van der Waals surface area (Å²) in [5, 5.41) is 10.1. The third kappa shape index (κ3) is 4.45. The van der Waals surface area contributed by atoms with Gasteiger partial charge in [-0.2, -0.15) is 5.26 Å². The van der Waals surface area contributed by atoms with Gasteiger partial charge in [-0.15, -0.1) is 0 Å². The third-order valence-corrected chi connectivity index (χ3v) is 6.32. The van der Waals surface area contributed by atoms with Crippen molar-refractivity contribution in [2.45, 2.75) is 45.1 Å². The van der Waals surface area contributed by atoms with Crippen molar-refractivity contribution in [2.24, 2.45) is 16.6 Å². The van der Waals surface area contributed by atoms with Gasteiger partial charge in [-0.25, -0.2) is 15.0 Å². The normalized spacial score (nSPS) is 20.1. The highest BCUT2D eigenvalue weighted by Crippen LogP contribution is 2.43. The van der Waals surface area contributed by atoms with Gasteiger partial charge in [-0.3, -0.25) is 4.99 Å². The average Bonchev–Trinajstić information content (AvgIpc) is 3.35. The Morgan fingerprint density at radius 3 is 2.60 bits per heavy atom. The van der Waals surface area contributed by atoms with Gasteiger partial charge in [-0.05, 0) is 42.5 Å². The molecule has 0 amide bonds. The summed E-state index contributed by atoms with van der Waals surface area (Å²) in [4.78, 5) is 18.3. The molecule has 1 aromatic carbocycles. The first kappa shape index (κ1) is 22.5. The fourth-order valence-electron chi connectivity index (χ4n) is 4.78. The molecule has 5 rings (SSSR count). The predicted octanol–water partition coefficient (Wildman–Crippen LogP) is 4.42. The fraction of sp³-hybridized carbons (Fsp3) is 0.296. The summed E-state index contributed by atoms with van der Waals surface area (Å²) in [5.74, 6) is 1.47. The fourth-order valence-corrected chi connectivity index (χ4v) is 4.78. The molecule has 2 atom stereocenters. The van der Waals surface area contributed by atoms with Crippen LogP contribution in [0.1, 0.15) is 50.4 Å². The van der Waals surface area contributed by atoms with Crippen LogP contribution in [0, 0.1) is 17.2 Å². The van der Waals surface area contributed by atoms with Crippen LogP contribution in [0.4, 0.5) is 0 Å². The van der Waals surface area contributed by atoms with Crippen molar-refractivity contribution < 1.29 is 4.74 Å². The molecule has 0 saturated heterocycles. The van der Waals surface area contributed by atoms with E-state index in [2.05, 4.69) is 34.9 Å². The maximum atomic E-state index is 10.1. The molecule has 0 fully saturated rings. The van der Waals surface area contributed by atoms with Gasteiger partial charge >= 0.3 is 0 Å². The van der Waals surface area contributed by atoms with Gasteiger partial charge in [0.2, 0.25) is 5.88 Å². The molecular formula is C27H27N7O. The van der Waals surface area contributed by atoms with E-state index in [1.54, 1.807) is 31.0 Å². The molecule has 2 aliphatic heterocycles. The number of ether oxygens (including phenoxy) is 1. The second-order valence-corrected chi connectivity index (χ2v) is 9.20. The van der Waals surface area contributed by atoms with Crippen LogP contribution in [0.5, 0.6) is 0 Å². The van der Waals surface area contributed by atoms with Crippen molar-refractivity contribution in [2.75, 3.05) is 0 Å². The van der Waals surface area contributed by atoms with E-state index in [-0.39, 0.29) is 11.9 Å². The Bertz CT molecular complexity index is 1330. The molecule has 4 heterocycles. The van der Waals surface area contributed by atoms with Crippen molar-refractivity contribution in [1.29, 1.82) is 5.26 Å². The summed E-state index contributed by atoms with van der Waals surface area (Å²) >= 11 is 0. The SMILES string of the molecule is CC(C)CC1CCC2=C(C(c3ncccn3)=N1)C(c1ccc(-n3ccnc3)cc1)C(C#N)=C(N)O2. The van der Waals surface area contributed by atoms with Gasteiger partial charge in [0.15, 0.2) is 5.82 Å². The maximum absolute atomic E-state index is 10.1. The zero-order valence-corrected chi connectivity index (χ0v) is 19.8. The van der Waals surface area contributed by atoms with Gasteiger partial charge in [0.1, 0.15) is 23.1 Å². The van der Waals surface area contributed by atoms with Crippen LogP contribution in [0.25, 0.3) is 5.69 Å². The number of allylic oxidation sites excluding steroid dienone is 3. The lowest BCUT2D eigenvalue weighted by molar-refractivity contribution is 0.263. The molecule has 2 unspecified atom stereocenters. The molecular weight excluding hydrogens is 438 g/mol. The Labute approximate surface area is 204 Å². The van der Waals surface area contributed by atoms with Crippen LogP contribution < -0.4 is 5.73 Å². The first-order valence-corrected chi connectivity index (χ1v) is 11.8. The topological polar surface area (TPSA) is 115 Å². The maximum Gasteiger partial charge on any atom is 0.205 e. The van der Waals surface area contributed by atoms with E-state index in [0.717, 1.165) is 35.4 Å². The second-order valence-electron chi connectivity index (χ2n) is 9.20. The minimum Gasteiger partial charge on any atom is -0.444 e. The predicted molar refractivity (Wildman–Crippen MR) is 132 cm³/mol. The van der Waals surface area contributed by atoms with E-state index >= 15 is 0 Å². The van der Waals surface area contributed by atoms with Gasteiger partial charge in [0.25, 0.3) is 0 Å². The van der Waals surface area contributed by atoms with Gasteiger partial charge in [0.05, 0.1) is 18.3 Å². The highest BCUT2D eigenvalue weighted by Gasteiger charge is 2.38. The Balaban J connectivity index is 1.66. The second kappa shape index (κ2) is 9.55. The number of nitriles is 1. The van der Waals surface area contributed by atoms with Gasteiger partial charge in [0, 0.05) is 42.5 Å². The number of hydrogen-bond donors (Lipinski definition) is 1. The van der Waals surface area contributed by atoms with Crippen molar-refractivity contribution in [3.05, 3.63) is 95.6 Å². The minimum absolute atomic E-state index is 0.0963. The average molecular weight is 466 g/mol. The molecule has 0 spiro atoms. The lowest BCUT2D eigenvalue weighted by Crippen LogP contribution is -2.26. The Morgan fingerprint density at radius 1 is 1.17 bits per heavy atom. The molecule has 2 N–H and O–H groups in total. The van der Waals surface area contributed by atoms with Crippen LogP contribution in [0.2, 0.25) is 0 Å². The summed E-state index contributed by atoms with van der Waals surface area (Å²) in [6, 6.07) is 12.2. The summed E-state index contributed by atoms with van der Waals surface area (Å²) in [6.45, 7) is 4.39. The van der Waals surface area contributed by atoms with Crippen molar-refractivity contribution >= 4 is 5.71 Å². The number of nitrogens with two attached hydrogens (primary N) is 1. The van der Waals surface area contributed by atoms with Crippen molar-refractivity contribution in [1.82, 2.24) is 19.5 Å². The summed E-state index contributed by atoms with van der Waals surface area (Å²) in [5.41, 5.74) is 10.1. The van der Waals surface area contributed by atoms with Crippen LogP contribution in [-0.2, 0) is 4.74 Å². The number of benzene rings is 1. The highest BCUT2D eigenvalue weighted by atomic mass is 16.5. The molecule has 3 aromatic rings. The highest BCUT2D eigenvalue weighted by molar-refractivity contribution is 6.12. The quantitative estimate of drug-likeness (QED) is 0.596. The van der Waals surface area contributed by atoms with Crippen LogP contribution in [0.3, 0.4) is 0 Å². The molecule has 8 heteroatoms. The molecule has 176 valence electrons. The van der Waals surface area contributed by atoms with E-state index in [1.165, 1.54) is 0 Å². The molecule has 2 aliphatic rings. The third-order valence-electron chi connectivity index (χ3n) is 6.32. The van der Waals surface area contributed by atoms with Crippen LogP contribution in [0.15, 0.2) is 89.2 Å². The lowest BCUT2D eigenvalue weighted by Gasteiger charge is -2.29. The number of nitrogens with zero attached hydrogens (tertiary/aromatic N) is 6. The van der Waals surface area contributed by atoms with E-state index in [9.17, 15) is 5.26 Å². The monoisotopic (exact) mass is 465 g/mol. The first-order valence-electron chi connectivity index (χ1n) is 11.8. The van der Waals surface area contributed by atoms with E-state index < -0.39 is 5.92 Å². The molecule has 8 nitrogen and oxygen atoms in total.